The Kier molecular flexibility index (Phi) is 5.14. The van der Waals surface area contributed by atoms with Crippen LogP contribution in [0.3, 0.4) is 0 Å². The Morgan fingerprint density at radius 2 is 1.72 bits per heavy atom. The van der Waals surface area contributed by atoms with Gasteiger partial charge in [0.2, 0.25) is 6.79 Å². The lowest BCUT2D eigenvalue weighted by molar-refractivity contribution is 0.174. The van der Waals surface area contributed by atoms with Gasteiger partial charge in [0.05, 0.1) is 0 Å². The molecule has 2 fully saturated rings. The van der Waals surface area contributed by atoms with Crippen molar-refractivity contribution in [1.82, 2.24) is 14.9 Å². The zero-order valence-corrected chi connectivity index (χ0v) is 17.1. The third-order valence-electron chi connectivity index (χ3n) is 6.16. The summed E-state index contributed by atoms with van der Waals surface area (Å²) in [6.07, 6.45) is 4.29. The number of hydrogen-bond acceptors (Lipinski definition) is 7. The summed E-state index contributed by atoms with van der Waals surface area (Å²) in [7, 11) is 0. The van der Waals surface area contributed by atoms with Crippen molar-refractivity contribution < 1.29 is 9.47 Å². The first-order valence-electron chi connectivity index (χ1n) is 10.7. The summed E-state index contributed by atoms with van der Waals surface area (Å²) in [5.74, 6) is 4.57. The second kappa shape index (κ2) is 8.06. The lowest BCUT2D eigenvalue weighted by Crippen LogP contribution is -2.46. The van der Waals surface area contributed by atoms with E-state index in [4.69, 9.17) is 9.47 Å². The number of piperazine rings is 1. The number of anilines is 2. The van der Waals surface area contributed by atoms with Crippen molar-refractivity contribution in [2.75, 3.05) is 55.9 Å². The summed E-state index contributed by atoms with van der Waals surface area (Å²) in [4.78, 5) is 16.4. The summed E-state index contributed by atoms with van der Waals surface area (Å²) < 4.78 is 10.9. The minimum atomic E-state index is 0.328. The number of benzene rings is 1. The summed E-state index contributed by atoms with van der Waals surface area (Å²) in [5.41, 5.74) is 1.27. The minimum absolute atomic E-state index is 0.328. The first kappa shape index (κ1) is 18.5. The van der Waals surface area contributed by atoms with Crippen molar-refractivity contribution in [3.05, 3.63) is 36.2 Å². The number of fused-ring (bicyclic) bond motifs is 1. The van der Waals surface area contributed by atoms with Crippen LogP contribution in [0, 0.1) is 5.92 Å². The van der Waals surface area contributed by atoms with Crippen molar-refractivity contribution in [3.63, 3.8) is 0 Å². The van der Waals surface area contributed by atoms with Gasteiger partial charge < -0.3 is 19.3 Å². The van der Waals surface area contributed by atoms with Gasteiger partial charge >= 0.3 is 0 Å². The van der Waals surface area contributed by atoms with Crippen molar-refractivity contribution in [1.29, 1.82) is 0 Å². The lowest BCUT2D eigenvalue weighted by atomic mass is 10.0. The van der Waals surface area contributed by atoms with E-state index in [-0.39, 0.29) is 0 Å². The molecule has 1 unspecified atom stereocenters. The summed E-state index contributed by atoms with van der Waals surface area (Å²) in [6, 6.07) is 8.42. The molecule has 1 aromatic carbocycles. The lowest BCUT2D eigenvalue weighted by Gasteiger charge is -2.36. The molecule has 29 heavy (non-hydrogen) atoms. The fourth-order valence-corrected chi connectivity index (χ4v) is 4.51. The van der Waals surface area contributed by atoms with E-state index in [9.17, 15) is 0 Å². The van der Waals surface area contributed by atoms with Gasteiger partial charge in [-0.25, -0.2) is 9.97 Å². The molecule has 0 aliphatic carbocycles. The van der Waals surface area contributed by atoms with Gasteiger partial charge in [-0.05, 0) is 36.5 Å². The minimum Gasteiger partial charge on any atom is -0.454 e. The van der Waals surface area contributed by atoms with Gasteiger partial charge in [-0.1, -0.05) is 13.0 Å². The van der Waals surface area contributed by atoms with Crippen LogP contribution in [0.15, 0.2) is 30.6 Å². The number of rotatable bonds is 4. The molecule has 0 saturated carbocycles. The van der Waals surface area contributed by atoms with Crippen LogP contribution in [0.1, 0.15) is 25.3 Å². The molecule has 3 aliphatic rings. The first-order valence-corrected chi connectivity index (χ1v) is 10.7. The molecule has 154 valence electrons. The monoisotopic (exact) mass is 395 g/mol. The molecular formula is C22H29N5O2. The normalized spacial score (nSPS) is 22.2. The zero-order chi connectivity index (χ0) is 19.6. The van der Waals surface area contributed by atoms with Gasteiger partial charge in [0.25, 0.3) is 0 Å². The number of aromatic nitrogens is 2. The maximum atomic E-state index is 5.50. The Morgan fingerprint density at radius 1 is 0.931 bits per heavy atom. The van der Waals surface area contributed by atoms with Crippen LogP contribution in [0.2, 0.25) is 0 Å². The number of piperidine rings is 1. The Labute approximate surface area is 172 Å². The van der Waals surface area contributed by atoms with Crippen LogP contribution in [-0.2, 0) is 6.54 Å². The van der Waals surface area contributed by atoms with Crippen molar-refractivity contribution in [2.45, 2.75) is 26.3 Å². The molecular weight excluding hydrogens is 366 g/mol. The number of ether oxygens (including phenoxy) is 2. The maximum absolute atomic E-state index is 5.50. The quantitative estimate of drug-likeness (QED) is 0.789. The molecule has 1 atom stereocenters. The van der Waals surface area contributed by atoms with E-state index in [1.165, 1.54) is 18.4 Å². The van der Waals surface area contributed by atoms with Crippen LogP contribution in [0.25, 0.3) is 0 Å². The van der Waals surface area contributed by atoms with Crippen LogP contribution in [0.5, 0.6) is 11.5 Å². The molecule has 7 nitrogen and oxygen atoms in total. The molecule has 1 aromatic heterocycles. The molecule has 5 rings (SSSR count). The highest BCUT2D eigenvalue weighted by molar-refractivity contribution is 5.50. The van der Waals surface area contributed by atoms with Gasteiger partial charge in [0.1, 0.15) is 18.0 Å². The molecule has 0 radical (unpaired) electrons. The van der Waals surface area contributed by atoms with Crippen LogP contribution < -0.4 is 19.3 Å². The Balaban J connectivity index is 1.19. The van der Waals surface area contributed by atoms with Gasteiger partial charge in [-0.3, -0.25) is 4.90 Å². The van der Waals surface area contributed by atoms with E-state index in [0.29, 0.717) is 6.79 Å². The third-order valence-corrected chi connectivity index (χ3v) is 6.16. The van der Waals surface area contributed by atoms with E-state index in [0.717, 1.165) is 74.9 Å². The first-order chi connectivity index (χ1) is 14.2. The molecule has 0 bridgehead atoms. The Hall–Kier alpha value is -2.54. The van der Waals surface area contributed by atoms with Gasteiger partial charge in [-0.2, -0.15) is 0 Å². The predicted molar refractivity (Wildman–Crippen MR) is 113 cm³/mol. The average molecular weight is 396 g/mol. The topological polar surface area (TPSA) is 54.0 Å². The zero-order valence-electron chi connectivity index (χ0n) is 17.1. The van der Waals surface area contributed by atoms with Crippen LogP contribution in [-0.4, -0.2) is 60.9 Å². The highest BCUT2D eigenvalue weighted by atomic mass is 16.7. The van der Waals surface area contributed by atoms with Crippen molar-refractivity contribution in [3.8, 4) is 11.5 Å². The molecule has 0 amide bonds. The van der Waals surface area contributed by atoms with Gasteiger partial charge in [0.15, 0.2) is 11.5 Å². The predicted octanol–water partition coefficient (Wildman–Crippen LogP) is 2.76. The van der Waals surface area contributed by atoms with Crippen molar-refractivity contribution >= 4 is 11.6 Å². The molecule has 0 spiro atoms. The van der Waals surface area contributed by atoms with Crippen molar-refractivity contribution in [2.24, 2.45) is 5.92 Å². The SMILES string of the molecule is CC1CCCN(c2cc(N3CCN(Cc4ccc5c(c4)OCO5)CC3)ncn2)C1. The molecule has 2 saturated heterocycles. The molecule has 0 N–H and O–H groups in total. The molecule has 3 aliphatic heterocycles. The summed E-state index contributed by atoms with van der Waals surface area (Å²) in [6.45, 7) is 9.80. The number of hydrogen-bond donors (Lipinski definition) is 0. The summed E-state index contributed by atoms with van der Waals surface area (Å²) >= 11 is 0. The maximum Gasteiger partial charge on any atom is 0.231 e. The van der Waals surface area contributed by atoms with Crippen LogP contribution >= 0.6 is 0 Å². The van der Waals surface area contributed by atoms with E-state index >= 15 is 0 Å². The summed E-state index contributed by atoms with van der Waals surface area (Å²) in [5, 5.41) is 0. The van der Waals surface area contributed by atoms with E-state index in [1.807, 2.05) is 6.07 Å². The highest BCUT2D eigenvalue weighted by Gasteiger charge is 2.22. The van der Waals surface area contributed by atoms with E-state index < -0.39 is 0 Å². The second-order valence-electron chi connectivity index (χ2n) is 8.38. The fraction of sp³-hybridized carbons (Fsp3) is 0.545. The largest absolute Gasteiger partial charge is 0.454 e. The number of nitrogens with zero attached hydrogens (tertiary/aromatic N) is 5. The highest BCUT2D eigenvalue weighted by Crippen LogP contribution is 2.33. The van der Waals surface area contributed by atoms with E-state index in [2.05, 4.69) is 49.8 Å². The van der Waals surface area contributed by atoms with Gasteiger partial charge in [0, 0.05) is 51.9 Å². The smallest absolute Gasteiger partial charge is 0.231 e. The standard InChI is InChI=1S/C22H29N5O2/c1-17-3-2-6-27(13-17)22-12-21(23-15-24-22)26-9-7-25(8-10-26)14-18-4-5-19-20(11-18)29-16-28-19/h4-5,11-12,15,17H,2-3,6-10,13-14,16H2,1H3. The second-order valence-corrected chi connectivity index (χ2v) is 8.38. The van der Waals surface area contributed by atoms with E-state index in [1.54, 1.807) is 6.33 Å². The molecule has 4 heterocycles. The third kappa shape index (κ3) is 4.10. The fourth-order valence-electron chi connectivity index (χ4n) is 4.51. The van der Waals surface area contributed by atoms with Crippen LogP contribution in [0.4, 0.5) is 11.6 Å². The van der Waals surface area contributed by atoms with Gasteiger partial charge in [-0.15, -0.1) is 0 Å². The Bertz CT molecular complexity index is 853. The average Bonchev–Trinajstić information content (AvgIpc) is 3.22. The Morgan fingerprint density at radius 3 is 2.55 bits per heavy atom. The molecule has 2 aromatic rings. The molecule has 7 heteroatoms.